The van der Waals surface area contributed by atoms with E-state index in [9.17, 15) is 9.18 Å². The van der Waals surface area contributed by atoms with E-state index in [1.165, 1.54) is 12.5 Å². The van der Waals surface area contributed by atoms with Gasteiger partial charge in [-0.25, -0.2) is 14.4 Å². The van der Waals surface area contributed by atoms with Crippen molar-refractivity contribution >= 4 is 22.5 Å². The molecule has 4 aliphatic rings. The van der Waals surface area contributed by atoms with Gasteiger partial charge in [0.15, 0.2) is 5.96 Å². The summed E-state index contributed by atoms with van der Waals surface area (Å²) in [5.41, 5.74) is 3.31. The molecule has 4 fully saturated rings. The molecule has 2 N–H and O–H groups in total. The fourth-order valence-electron chi connectivity index (χ4n) is 7.39. The maximum atomic E-state index is 14.3. The molecule has 5 atom stereocenters. The van der Waals surface area contributed by atoms with Crippen molar-refractivity contribution in [2.45, 2.75) is 72.5 Å². The number of aryl methyl sites for hydroxylation is 3. The van der Waals surface area contributed by atoms with Crippen LogP contribution < -0.4 is 16.2 Å². The van der Waals surface area contributed by atoms with Gasteiger partial charge in [0.1, 0.15) is 5.82 Å². The predicted molar refractivity (Wildman–Crippen MR) is 164 cm³/mol. The molecule has 41 heavy (non-hydrogen) atoms. The van der Waals surface area contributed by atoms with Gasteiger partial charge < -0.3 is 15.5 Å². The van der Waals surface area contributed by atoms with Crippen molar-refractivity contribution in [1.29, 1.82) is 0 Å². The van der Waals surface area contributed by atoms with Gasteiger partial charge in [-0.15, -0.1) is 0 Å². The number of hydrogen-bond acceptors (Lipinski definition) is 4. The molecule has 218 valence electrons. The first-order valence-corrected chi connectivity index (χ1v) is 15.2. The third-order valence-corrected chi connectivity index (χ3v) is 10.2. The molecule has 1 saturated heterocycles. The Hall–Kier alpha value is -3.26. The molecule has 7 nitrogen and oxygen atoms in total. The van der Waals surface area contributed by atoms with E-state index in [-0.39, 0.29) is 11.4 Å². The normalized spacial score (nSPS) is 27.5. The second kappa shape index (κ2) is 10.9. The third kappa shape index (κ3) is 5.39. The van der Waals surface area contributed by atoms with E-state index >= 15 is 0 Å². The number of halogens is 1. The standard InChI is InChI=1S/C33H43FN6O/c1-20-6-7-23(28(34)14-20)10-12-40-19-36-30-17-25(8-9-26(30)31(40)41)37-32(39-13-11-35-21(2)18-39)38-29-16-24-15-27(22(29)3)33(24,4)5/h6-9,14,17,19,21-22,24,27,29,35H,10-13,15-16,18H2,1-5H3,(H,37,38)/t21-,22-,24-,27+,29-/m0/s1. The minimum absolute atomic E-state index is 0.114. The quantitative estimate of drug-likeness (QED) is 0.332. The summed E-state index contributed by atoms with van der Waals surface area (Å²) in [5, 5.41) is 7.72. The number of rotatable bonds is 5. The molecule has 2 heterocycles. The highest BCUT2D eigenvalue weighted by molar-refractivity contribution is 5.96. The average Bonchev–Trinajstić information content (AvgIpc) is 2.94. The first-order valence-electron chi connectivity index (χ1n) is 15.2. The van der Waals surface area contributed by atoms with E-state index in [0.717, 1.165) is 55.1 Å². The molecule has 3 saturated carbocycles. The Bertz CT molecular complexity index is 1530. The van der Waals surface area contributed by atoms with Gasteiger partial charge in [0.2, 0.25) is 0 Å². The zero-order valence-electron chi connectivity index (χ0n) is 25.0. The van der Waals surface area contributed by atoms with Crippen LogP contribution in [0.5, 0.6) is 0 Å². The van der Waals surface area contributed by atoms with E-state index in [0.29, 0.717) is 52.8 Å². The van der Waals surface area contributed by atoms with Crippen LogP contribution in [0.4, 0.5) is 10.1 Å². The van der Waals surface area contributed by atoms with Gasteiger partial charge in [-0.05, 0) is 91.7 Å². The molecule has 3 aliphatic carbocycles. The van der Waals surface area contributed by atoms with Crippen LogP contribution in [0.2, 0.25) is 0 Å². The molecule has 8 heteroatoms. The summed E-state index contributed by atoms with van der Waals surface area (Å²) >= 11 is 0. The lowest BCUT2D eigenvalue weighted by molar-refractivity contribution is -0.108. The van der Waals surface area contributed by atoms with Crippen molar-refractivity contribution in [2.75, 3.05) is 25.0 Å². The van der Waals surface area contributed by atoms with Gasteiger partial charge in [-0.2, -0.15) is 0 Å². The molecule has 0 unspecified atom stereocenters. The molecule has 1 aliphatic heterocycles. The lowest BCUT2D eigenvalue weighted by Crippen LogP contribution is -2.57. The zero-order chi connectivity index (χ0) is 28.9. The Kier molecular flexibility index (Phi) is 7.39. The van der Waals surface area contributed by atoms with E-state index < -0.39 is 0 Å². The first-order chi connectivity index (χ1) is 19.6. The Morgan fingerprint density at radius 3 is 2.76 bits per heavy atom. The summed E-state index contributed by atoms with van der Waals surface area (Å²) in [7, 11) is 0. The summed E-state index contributed by atoms with van der Waals surface area (Å²) in [4.78, 5) is 25.6. The maximum Gasteiger partial charge on any atom is 0.261 e. The van der Waals surface area contributed by atoms with Crippen LogP contribution in [-0.2, 0) is 13.0 Å². The van der Waals surface area contributed by atoms with E-state index in [1.54, 1.807) is 17.0 Å². The number of nitrogens with zero attached hydrogens (tertiary/aromatic N) is 4. The average molecular weight is 559 g/mol. The molecular formula is C33H43FN6O. The first kappa shape index (κ1) is 27.9. The Balaban J connectivity index is 1.23. The fraction of sp³-hybridized carbons (Fsp3) is 0.545. The van der Waals surface area contributed by atoms with Gasteiger partial charge in [-0.1, -0.05) is 32.9 Å². The van der Waals surface area contributed by atoms with Gasteiger partial charge in [0, 0.05) is 37.9 Å². The number of aliphatic imine (C=N–C) groups is 1. The number of aromatic nitrogens is 2. The molecule has 0 spiro atoms. The maximum absolute atomic E-state index is 14.3. The van der Waals surface area contributed by atoms with E-state index in [2.05, 4.69) is 48.2 Å². The summed E-state index contributed by atoms with van der Waals surface area (Å²) in [5.74, 6) is 2.71. The molecule has 1 aromatic heterocycles. The topological polar surface area (TPSA) is 74.6 Å². The van der Waals surface area contributed by atoms with Crippen LogP contribution in [0.15, 0.2) is 52.5 Å². The van der Waals surface area contributed by atoms with Crippen LogP contribution in [0.3, 0.4) is 0 Å². The smallest absolute Gasteiger partial charge is 0.261 e. The zero-order valence-corrected chi connectivity index (χ0v) is 25.0. The monoisotopic (exact) mass is 558 g/mol. The largest absolute Gasteiger partial charge is 0.340 e. The Labute approximate surface area is 242 Å². The molecule has 7 rings (SSSR count). The summed E-state index contributed by atoms with van der Waals surface area (Å²) in [6.07, 6.45) is 4.48. The van der Waals surface area contributed by atoms with Crippen molar-refractivity contribution < 1.29 is 4.39 Å². The Morgan fingerprint density at radius 1 is 1.20 bits per heavy atom. The number of fused-ring (bicyclic) bond motifs is 3. The van der Waals surface area contributed by atoms with Crippen LogP contribution in [0.25, 0.3) is 10.9 Å². The second-order valence-electron chi connectivity index (χ2n) is 13.2. The number of benzene rings is 2. The highest BCUT2D eigenvalue weighted by Crippen LogP contribution is 2.61. The molecule has 0 radical (unpaired) electrons. The molecular weight excluding hydrogens is 515 g/mol. The lowest BCUT2D eigenvalue weighted by atomic mass is 9.45. The van der Waals surface area contributed by atoms with Crippen molar-refractivity contribution in [3.8, 4) is 0 Å². The minimum Gasteiger partial charge on any atom is -0.340 e. The highest BCUT2D eigenvalue weighted by atomic mass is 19.1. The number of guanidine groups is 1. The van der Waals surface area contributed by atoms with Crippen LogP contribution in [0.1, 0.15) is 51.7 Å². The fourth-order valence-corrected chi connectivity index (χ4v) is 7.39. The predicted octanol–water partition coefficient (Wildman–Crippen LogP) is 5.22. The van der Waals surface area contributed by atoms with Crippen LogP contribution >= 0.6 is 0 Å². The van der Waals surface area contributed by atoms with Crippen LogP contribution in [-0.4, -0.2) is 52.1 Å². The van der Waals surface area contributed by atoms with Gasteiger partial charge in [-0.3, -0.25) is 9.36 Å². The van der Waals surface area contributed by atoms with Gasteiger partial charge in [0.05, 0.1) is 23.3 Å². The molecule has 3 aromatic rings. The number of nitrogens with one attached hydrogen (secondary N) is 2. The van der Waals surface area contributed by atoms with E-state index in [4.69, 9.17) is 4.99 Å². The summed E-state index contributed by atoms with van der Waals surface area (Å²) in [6, 6.07) is 11.6. The van der Waals surface area contributed by atoms with E-state index in [1.807, 2.05) is 31.2 Å². The lowest BCUT2D eigenvalue weighted by Gasteiger charge is -2.61. The third-order valence-electron chi connectivity index (χ3n) is 10.2. The van der Waals surface area contributed by atoms with Gasteiger partial charge >= 0.3 is 0 Å². The number of hydrogen-bond donors (Lipinski definition) is 2. The number of anilines is 1. The second-order valence-corrected chi connectivity index (χ2v) is 13.2. The van der Waals surface area contributed by atoms with Crippen molar-refractivity contribution in [3.63, 3.8) is 0 Å². The SMILES string of the molecule is Cc1ccc(CCn2cnc3cc(NC(=N[C@H]4C[C@@H]5C[C@H]([C@@H]4C)C5(C)C)N4CCN[C@@H](C)C4)ccc3c2=O)c(F)c1. The summed E-state index contributed by atoms with van der Waals surface area (Å²) < 4.78 is 15.9. The minimum atomic E-state index is -0.234. The molecule has 0 amide bonds. The number of piperazine rings is 1. The van der Waals surface area contributed by atoms with Crippen molar-refractivity contribution in [1.82, 2.24) is 19.8 Å². The molecule has 2 bridgehead atoms. The van der Waals surface area contributed by atoms with Gasteiger partial charge in [0.25, 0.3) is 5.56 Å². The summed E-state index contributed by atoms with van der Waals surface area (Å²) in [6.45, 7) is 14.4. The molecule has 2 aromatic carbocycles. The van der Waals surface area contributed by atoms with Crippen LogP contribution in [0, 0.1) is 35.9 Å². The Morgan fingerprint density at radius 2 is 2.02 bits per heavy atom. The van der Waals surface area contributed by atoms with Crippen molar-refractivity contribution in [2.24, 2.45) is 28.2 Å². The highest BCUT2D eigenvalue weighted by Gasteiger charge is 2.56. The van der Waals surface area contributed by atoms with Crippen molar-refractivity contribution in [3.05, 3.63) is 70.0 Å².